The van der Waals surface area contributed by atoms with Gasteiger partial charge < -0.3 is 4.74 Å². The maximum atomic E-state index is 12.3. The van der Waals surface area contributed by atoms with Crippen molar-refractivity contribution in [1.29, 1.82) is 0 Å². The third-order valence-corrected chi connectivity index (χ3v) is 1.37. The van der Waals surface area contributed by atoms with E-state index < -0.39 is 23.5 Å². The van der Waals surface area contributed by atoms with Gasteiger partial charge in [0, 0.05) is 13.0 Å². The van der Waals surface area contributed by atoms with Gasteiger partial charge in [-0.2, -0.15) is 13.2 Å². The quantitative estimate of drug-likeness (QED) is 0.517. The Morgan fingerprint density at radius 1 is 1.50 bits per heavy atom. The van der Waals surface area contributed by atoms with Crippen molar-refractivity contribution in [3.05, 3.63) is 29.8 Å². The smallest absolute Gasteiger partial charge is 0.420 e. The molecule has 0 bridgehead atoms. The van der Waals surface area contributed by atoms with Gasteiger partial charge in [-0.1, -0.05) is 12.1 Å². The van der Waals surface area contributed by atoms with Crippen LogP contribution in [0.1, 0.15) is 12.5 Å². The molecule has 0 aromatic heterocycles. The van der Waals surface area contributed by atoms with Gasteiger partial charge in [-0.05, 0) is 6.07 Å². The van der Waals surface area contributed by atoms with Crippen molar-refractivity contribution >= 4 is 5.97 Å². The third-order valence-electron chi connectivity index (χ3n) is 1.37. The monoisotopic (exact) mass is 203 g/mol. The molecular formula is C9H6F3O2. The zero-order chi connectivity index (χ0) is 10.8. The highest BCUT2D eigenvalue weighted by Crippen LogP contribution is 2.35. The van der Waals surface area contributed by atoms with Crippen molar-refractivity contribution in [3.63, 3.8) is 0 Å². The summed E-state index contributed by atoms with van der Waals surface area (Å²) in [5.41, 5.74) is -1.00. The molecule has 0 spiro atoms. The van der Waals surface area contributed by atoms with E-state index in [1.807, 2.05) is 0 Å². The number of hydrogen-bond acceptors (Lipinski definition) is 2. The fourth-order valence-corrected chi connectivity index (χ4v) is 0.873. The van der Waals surface area contributed by atoms with Gasteiger partial charge in [-0.25, -0.2) is 0 Å². The Labute approximate surface area is 78.3 Å². The molecule has 2 nitrogen and oxygen atoms in total. The van der Waals surface area contributed by atoms with E-state index in [0.717, 1.165) is 13.0 Å². The van der Waals surface area contributed by atoms with Crippen LogP contribution in [0.3, 0.4) is 0 Å². The number of benzene rings is 1. The number of esters is 1. The Hall–Kier alpha value is -1.52. The van der Waals surface area contributed by atoms with Gasteiger partial charge in [-0.15, -0.1) is 0 Å². The molecule has 0 fully saturated rings. The van der Waals surface area contributed by atoms with E-state index in [4.69, 9.17) is 0 Å². The van der Waals surface area contributed by atoms with E-state index >= 15 is 0 Å². The fourth-order valence-electron chi connectivity index (χ4n) is 0.873. The molecule has 0 heterocycles. The molecule has 0 saturated heterocycles. The lowest BCUT2D eigenvalue weighted by Gasteiger charge is -2.10. The van der Waals surface area contributed by atoms with Crippen LogP contribution in [0, 0.1) is 6.07 Å². The second-order valence-corrected chi connectivity index (χ2v) is 2.50. The first-order valence-electron chi connectivity index (χ1n) is 3.67. The molecule has 0 N–H and O–H groups in total. The maximum absolute atomic E-state index is 12.3. The second kappa shape index (κ2) is 3.69. The van der Waals surface area contributed by atoms with E-state index in [-0.39, 0.29) is 0 Å². The SMILES string of the molecule is CC(=O)Oc1[c]cccc1C(F)(F)F. The minimum absolute atomic E-state index is 0.590. The average Bonchev–Trinajstić information content (AvgIpc) is 2.01. The molecule has 1 aromatic rings. The highest BCUT2D eigenvalue weighted by Gasteiger charge is 2.34. The molecule has 0 amide bonds. The number of halogens is 3. The number of ether oxygens (including phenoxy) is 1. The van der Waals surface area contributed by atoms with Crippen LogP contribution in [0.2, 0.25) is 0 Å². The Bertz CT molecular complexity index is 344. The highest BCUT2D eigenvalue weighted by molar-refractivity contribution is 5.69. The lowest BCUT2D eigenvalue weighted by molar-refractivity contribution is -0.141. The predicted octanol–water partition coefficient (Wildman–Crippen LogP) is 2.43. The van der Waals surface area contributed by atoms with Crippen molar-refractivity contribution in [2.75, 3.05) is 0 Å². The van der Waals surface area contributed by atoms with Crippen LogP contribution in [-0.4, -0.2) is 5.97 Å². The highest BCUT2D eigenvalue weighted by atomic mass is 19.4. The molecular weight excluding hydrogens is 197 g/mol. The Kier molecular flexibility index (Phi) is 2.78. The molecule has 0 unspecified atom stereocenters. The molecule has 0 aliphatic carbocycles. The number of carbonyl (C=O) groups is 1. The summed E-state index contributed by atoms with van der Waals surface area (Å²) in [7, 11) is 0. The Morgan fingerprint density at radius 2 is 2.14 bits per heavy atom. The summed E-state index contributed by atoms with van der Waals surface area (Å²) in [5, 5.41) is 0. The van der Waals surface area contributed by atoms with Gasteiger partial charge in [0.2, 0.25) is 0 Å². The molecule has 14 heavy (non-hydrogen) atoms. The summed E-state index contributed by atoms with van der Waals surface area (Å²) >= 11 is 0. The molecule has 1 aromatic carbocycles. The fraction of sp³-hybridized carbons (Fsp3) is 0.222. The average molecular weight is 203 g/mol. The lowest BCUT2D eigenvalue weighted by Crippen LogP contribution is -2.10. The van der Waals surface area contributed by atoms with Crippen LogP contribution in [0.4, 0.5) is 13.2 Å². The van der Waals surface area contributed by atoms with E-state index in [1.165, 1.54) is 12.1 Å². The number of rotatable bonds is 1. The van der Waals surface area contributed by atoms with Crippen molar-refractivity contribution in [2.45, 2.75) is 13.1 Å². The number of para-hydroxylation sites is 1. The molecule has 1 radical (unpaired) electrons. The minimum Gasteiger partial charge on any atom is -0.425 e. The van der Waals surface area contributed by atoms with Gasteiger partial charge in [0.25, 0.3) is 0 Å². The summed E-state index contributed by atoms with van der Waals surface area (Å²) in [6.45, 7) is 1.03. The van der Waals surface area contributed by atoms with E-state index in [2.05, 4.69) is 10.8 Å². The van der Waals surface area contributed by atoms with Crippen LogP contribution in [-0.2, 0) is 11.0 Å². The van der Waals surface area contributed by atoms with Gasteiger partial charge in [0.05, 0.1) is 5.56 Å². The standard InChI is InChI=1S/C9H6F3O2/c1-6(13)14-8-5-3-2-4-7(8)9(10,11)12/h2-4H,1H3. The van der Waals surface area contributed by atoms with Crippen molar-refractivity contribution in [3.8, 4) is 5.75 Å². The molecule has 75 valence electrons. The van der Waals surface area contributed by atoms with E-state index in [1.54, 1.807) is 0 Å². The van der Waals surface area contributed by atoms with Crippen molar-refractivity contribution in [2.24, 2.45) is 0 Å². The number of hydrogen-bond donors (Lipinski definition) is 0. The van der Waals surface area contributed by atoms with Crippen molar-refractivity contribution in [1.82, 2.24) is 0 Å². The normalized spacial score (nSPS) is 11.1. The van der Waals surface area contributed by atoms with Gasteiger partial charge in [0.15, 0.2) is 5.75 Å². The second-order valence-electron chi connectivity index (χ2n) is 2.50. The first-order chi connectivity index (χ1) is 6.41. The molecule has 5 heteroatoms. The number of alkyl halides is 3. The Balaban J connectivity index is 3.10. The zero-order valence-electron chi connectivity index (χ0n) is 7.18. The predicted molar refractivity (Wildman–Crippen MR) is 41.6 cm³/mol. The van der Waals surface area contributed by atoms with Crippen LogP contribution < -0.4 is 4.74 Å². The summed E-state index contributed by atoms with van der Waals surface area (Å²) < 4.78 is 41.2. The summed E-state index contributed by atoms with van der Waals surface area (Å²) in [5.74, 6) is -1.40. The Morgan fingerprint density at radius 3 is 2.64 bits per heavy atom. The largest absolute Gasteiger partial charge is 0.425 e. The summed E-state index contributed by atoms with van der Waals surface area (Å²) in [4.78, 5) is 10.5. The molecule has 1 rings (SSSR count). The van der Waals surface area contributed by atoms with Crippen LogP contribution in [0.15, 0.2) is 18.2 Å². The van der Waals surface area contributed by atoms with Gasteiger partial charge in [0.1, 0.15) is 0 Å². The molecule has 0 aliphatic rings. The van der Waals surface area contributed by atoms with Crippen LogP contribution >= 0.6 is 0 Å². The maximum Gasteiger partial charge on any atom is 0.420 e. The molecule has 0 aliphatic heterocycles. The molecule has 0 atom stereocenters. The van der Waals surface area contributed by atoms with Gasteiger partial charge in [-0.3, -0.25) is 4.79 Å². The summed E-state index contributed by atoms with van der Waals surface area (Å²) in [6, 6.07) is 5.46. The number of carbonyl (C=O) groups excluding carboxylic acids is 1. The molecule has 0 saturated carbocycles. The van der Waals surface area contributed by atoms with E-state index in [9.17, 15) is 18.0 Å². The summed E-state index contributed by atoms with van der Waals surface area (Å²) in [6.07, 6.45) is -4.54. The van der Waals surface area contributed by atoms with Crippen LogP contribution in [0.25, 0.3) is 0 Å². The van der Waals surface area contributed by atoms with E-state index in [0.29, 0.717) is 0 Å². The third kappa shape index (κ3) is 2.48. The lowest BCUT2D eigenvalue weighted by atomic mass is 10.2. The first-order valence-corrected chi connectivity index (χ1v) is 3.67. The van der Waals surface area contributed by atoms with Crippen molar-refractivity contribution < 1.29 is 22.7 Å². The minimum atomic E-state index is -4.54. The van der Waals surface area contributed by atoms with Crippen LogP contribution in [0.5, 0.6) is 5.75 Å². The first kappa shape index (κ1) is 10.6. The van der Waals surface area contributed by atoms with Gasteiger partial charge >= 0.3 is 12.1 Å². The topological polar surface area (TPSA) is 26.3 Å². The zero-order valence-corrected chi connectivity index (χ0v) is 7.18.